The maximum Gasteiger partial charge on any atom is 0.253 e. The molecule has 5 nitrogen and oxygen atoms in total. The lowest BCUT2D eigenvalue weighted by molar-refractivity contribution is 0.0920. The Hall–Kier alpha value is -1.75. The fraction of sp³-hybridized carbons (Fsp3) is 0.462. The zero-order chi connectivity index (χ0) is 13.7. The van der Waals surface area contributed by atoms with Crippen molar-refractivity contribution in [2.24, 2.45) is 0 Å². The highest BCUT2D eigenvalue weighted by Gasteiger charge is 2.17. The summed E-state index contributed by atoms with van der Waals surface area (Å²) in [6.45, 7) is 4.06. The number of hydrogen-bond donors (Lipinski definition) is 1. The smallest absolute Gasteiger partial charge is 0.253 e. The van der Waals surface area contributed by atoms with E-state index in [0.29, 0.717) is 5.56 Å². The topological polar surface area (TPSA) is 62.3 Å². The first kappa shape index (κ1) is 14.3. The van der Waals surface area contributed by atoms with E-state index in [4.69, 9.17) is 0 Å². The second-order valence-corrected chi connectivity index (χ2v) is 4.59. The van der Waals surface area contributed by atoms with Gasteiger partial charge in [0.25, 0.3) is 5.91 Å². The van der Waals surface area contributed by atoms with Gasteiger partial charge in [0, 0.05) is 25.7 Å². The van der Waals surface area contributed by atoms with Gasteiger partial charge in [0.05, 0.1) is 5.56 Å². The van der Waals surface area contributed by atoms with E-state index in [2.05, 4.69) is 10.3 Å². The zero-order valence-electron chi connectivity index (χ0n) is 11.2. The van der Waals surface area contributed by atoms with Crippen molar-refractivity contribution in [1.29, 1.82) is 0 Å². The van der Waals surface area contributed by atoms with Gasteiger partial charge in [0.2, 0.25) is 0 Å². The number of hydrogen-bond acceptors (Lipinski definition) is 4. The van der Waals surface area contributed by atoms with Crippen LogP contribution < -0.4 is 5.32 Å². The molecule has 1 rings (SSSR count). The molecule has 0 aliphatic rings. The van der Waals surface area contributed by atoms with Crippen LogP contribution in [0.3, 0.4) is 0 Å². The molecule has 1 atom stereocenters. The van der Waals surface area contributed by atoms with Crippen LogP contribution in [-0.2, 0) is 0 Å². The minimum Gasteiger partial charge on any atom is -0.348 e. The molecule has 0 aliphatic carbocycles. The largest absolute Gasteiger partial charge is 0.348 e. The molecule has 1 aromatic heterocycles. The standard InChI is InChI=1S/C13H19N3O2/c1-9(8-16(3)4)15-13(18)11-6-5-7-14-12(11)10(2)17/h5-7,9H,8H2,1-4H3,(H,15,18). The molecule has 5 heteroatoms. The van der Waals surface area contributed by atoms with Crippen molar-refractivity contribution in [2.45, 2.75) is 19.9 Å². The zero-order valence-corrected chi connectivity index (χ0v) is 11.2. The molecule has 0 saturated carbocycles. The second kappa shape index (κ2) is 6.26. The van der Waals surface area contributed by atoms with Gasteiger partial charge in [0.15, 0.2) is 5.78 Å². The fourth-order valence-electron chi connectivity index (χ4n) is 1.76. The summed E-state index contributed by atoms with van der Waals surface area (Å²) in [5.41, 5.74) is 0.544. The quantitative estimate of drug-likeness (QED) is 0.790. The van der Waals surface area contributed by atoms with Crippen LogP contribution in [0.4, 0.5) is 0 Å². The minimum atomic E-state index is -0.261. The summed E-state index contributed by atoms with van der Waals surface area (Å²) in [6, 6.07) is 3.27. The van der Waals surface area contributed by atoms with Gasteiger partial charge in [0.1, 0.15) is 5.69 Å². The number of pyridine rings is 1. The van der Waals surface area contributed by atoms with Crippen molar-refractivity contribution >= 4 is 11.7 Å². The number of Topliss-reactive ketones (excluding diaryl/α,β-unsaturated/α-hetero) is 1. The summed E-state index contributed by atoms with van der Waals surface area (Å²) in [6.07, 6.45) is 1.51. The molecule has 18 heavy (non-hydrogen) atoms. The Morgan fingerprint density at radius 2 is 2.11 bits per heavy atom. The molecule has 98 valence electrons. The third-order valence-electron chi connectivity index (χ3n) is 2.40. The molecular weight excluding hydrogens is 230 g/mol. The van der Waals surface area contributed by atoms with Gasteiger partial charge in [-0.05, 0) is 33.2 Å². The Balaban J connectivity index is 2.81. The Morgan fingerprint density at radius 3 is 2.67 bits per heavy atom. The maximum absolute atomic E-state index is 12.0. The molecule has 0 bridgehead atoms. The molecule has 0 aromatic carbocycles. The van der Waals surface area contributed by atoms with Gasteiger partial charge >= 0.3 is 0 Å². The summed E-state index contributed by atoms with van der Waals surface area (Å²) in [7, 11) is 3.88. The van der Waals surface area contributed by atoms with Crippen LogP contribution in [0.15, 0.2) is 18.3 Å². The Bertz CT molecular complexity index is 444. The maximum atomic E-state index is 12.0. The number of ketones is 1. The summed E-state index contributed by atoms with van der Waals surface area (Å²) in [5, 5.41) is 2.85. The van der Waals surface area contributed by atoms with Crippen molar-refractivity contribution in [2.75, 3.05) is 20.6 Å². The Morgan fingerprint density at radius 1 is 1.44 bits per heavy atom. The van der Waals surface area contributed by atoms with E-state index < -0.39 is 0 Å². The van der Waals surface area contributed by atoms with Crippen molar-refractivity contribution in [3.05, 3.63) is 29.6 Å². The van der Waals surface area contributed by atoms with E-state index in [1.54, 1.807) is 12.1 Å². The van der Waals surface area contributed by atoms with E-state index in [0.717, 1.165) is 6.54 Å². The third kappa shape index (κ3) is 3.92. The van der Waals surface area contributed by atoms with Crippen LogP contribution in [0.1, 0.15) is 34.7 Å². The molecule has 1 N–H and O–H groups in total. The monoisotopic (exact) mass is 249 g/mol. The van der Waals surface area contributed by atoms with Crippen LogP contribution in [0.25, 0.3) is 0 Å². The van der Waals surface area contributed by atoms with E-state index in [-0.39, 0.29) is 23.4 Å². The molecule has 0 aliphatic heterocycles. The van der Waals surface area contributed by atoms with Gasteiger partial charge in [-0.2, -0.15) is 0 Å². The first-order chi connectivity index (χ1) is 8.41. The lowest BCUT2D eigenvalue weighted by Gasteiger charge is -2.18. The number of likely N-dealkylation sites (N-methyl/N-ethyl adjacent to an activating group) is 1. The van der Waals surface area contributed by atoms with Gasteiger partial charge in [-0.25, -0.2) is 0 Å². The van der Waals surface area contributed by atoms with Crippen molar-refractivity contribution < 1.29 is 9.59 Å². The average molecular weight is 249 g/mol. The van der Waals surface area contributed by atoms with Crippen LogP contribution in [0.2, 0.25) is 0 Å². The van der Waals surface area contributed by atoms with Crippen molar-refractivity contribution in [1.82, 2.24) is 15.2 Å². The first-order valence-corrected chi connectivity index (χ1v) is 5.83. The fourth-order valence-corrected chi connectivity index (χ4v) is 1.76. The summed E-state index contributed by atoms with van der Waals surface area (Å²) >= 11 is 0. The number of amides is 1. The second-order valence-electron chi connectivity index (χ2n) is 4.59. The lowest BCUT2D eigenvalue weighted by Crippen LogP contribution is -2.40. The molecular formula is C13H19N3O2. The highest BCUT2D eigenvalue weighted by atomic mass is 16.2. The Kier molecular flexibility index (Phi) is 4.97. The predicted molar refractivity (Wildman–Crippen MR) is 69.7 cm³/mol. The Labute approximate surface area is 107 Å². The highest BCUT2D eigenvalue weighted by molar-refractivity contribution is 6.05. The highest BCUT2D eigenvalue weighted by Crippen LogP contribution is 2.06. The normalized spacial score (nSPS) is 12.3. The number of nitrogens with zero attached hydrogens (tertiary/aromatic N) is 2. The minimum absolute atomic E-state index is 0.00696. The van der Waals surface area contributed by atoms with E-state index in [9.17, 15) is 9.59 Å². The van der Waals surface area contributed by atoms with Crippen LogP contribution in [-0.4, -0.2) is 48.3 Å². The number of carbonyl (C=O) groups excluding carboxylic acids is 2. The SMILES string of the molecule is CC(=O)c1ncccc1C(=O)NC(C)CN(C)C. The molecule has 0 fully saturated rings. The summed E-state index contributed by atoms with van der Waals surface area (Å²) in [4.78, 5) is 29.4. The molecule has 1 aromatic rings. The van der Waals surface area contributed by atoms with Crippen LogP contribution in [0, 0.1) is 0 Å². The number of aromatic nitrogens is 1. The van der Waals surface area contributed by atoms with Gasteiger partial charge < -0.3 is 10.2 Å². The molecule has 0 radical (unpaired) electrons. The van der Waals surface area contributed by atoms with Gasteiger partial charge in [-0.15, -0.1) is 0 Å². The molecule has 0 spiro atoms. The van der Waals surface area contributed by atoms with Crippen LogP contribution >= 0.6 is 0 Å². The number of carbonyl (C=O) groups is 2. The summed E-state index contributed by atoms with van der Waals surface area (Å²) < 4.78 is 0. The van der Waals surface area contributed by atoms with E-state index in [1.807, 2.05) is 25.9 Å². The summed E-state index contributed by atoms with van der Waals surface area (Å²) in [5.74, 6) is -0.469. The van der Waals surface area contributed by atoms with E-state index >= 15 is 0 Å². The molecule has 1 heterocycles. The molecule has 1 unspecified atom stereocenters. The molecule has 1 amide bonds. The predicted octanol–water partition coefficient (Wildman–Crippen LogP) is 0.964. The van der Waals surface area contributed by atoms with E-state index in [1.165, 1.54) is 13.1 Å². The first-order valence-electron chi connectivity index (χ1n) is 5.83. The van der Waals surface area contributed by atoms with Crippen LogP contribution in [0.5, 0.6) is 0 Å². The number of rotatable bonds is 5. The van der Waals surface area contributed by atoms with Gasteiger partial charge in [-0.1, -0.05) is 0 Å². The number of nitrogens with one attached hydrogen (secondary N) is 1. The van der Waals surface area contributed by atoms with Crippen molar-refractivity contribution in [3.63, 3.8) is 0 Å². The van der Waals surface area contributed by atoms with Crippen molar-refractivity contribution in [3.8, 4) is 0 Å². The third-order valence-corrected chi connectivity index (χ3v) is 2.40. The van der Waals surface area contributed by atoms with Gasteiger partial charge in [-0.3, -0.25) is 14.6 Å². The lowest BCUT2D eigenvalue weighted by atomic mass is 10.1. The average Bonchev–Trinajstić information content (AvgIpc) is 2.27. The molecule has 0 saturated heterocycles.